The first-order valence-corrected chi connectivity index (χ1v) is 6.51. The van der Waals surface area contributed by atoms with Crippen molar-refractivity contribution < 1.29 is 14.7 Å². The van der Waals surface area contributed by atoms with Gasteiger partial charge in [-0.2, -0.15) is 0 Å². The second-order valence-electron chi connectivity index (χ2n) is 4.22. The molecule has 0 saturated carbocycles. The third-order valence-corrected chi connectivity index (χ3v) is 3.81. The zero-order valence-corrected chi connectivity index (χ0v) is 11.4. The molecule has 19 heavy (non-hydrogen) atoms. The molecule has 98 valence electrons. The molecule has 0 aliphatic carbocycles. The molecule has 4 nitrogen and oxygen atoms in total. The second-order valence-corrected chi connectivity index (χ2v) is 5.31. The average molecular weight is 275 g/mol. The van der Waals surface area contributed by atoms with Crippen LogP contribution in [0.15, 0.2) is 30.3 Å². The first-order chi connectivity index (χ1) is 8.97. The smallest absolute Gasteiger partial charge is 0.345 e. The summed E-state index contributed by atoms with van der Waals surface area (Å²) in [6.07, 6.45) is 0. The van der Waals surface area contributed by atoms with Crippen LogP contribution >= 0.6 is 11.3 Å². The summed E-state index contributed by atoms with van der Waals surface area (Å²) < 4.78 is 0. The minimum Gasteiger partial charge on any atom is -0.477 e. The van der Waals surface area contributed by atoms with Crippen LogP contribution in [0.4, 0.5) is 5.00 Å². The number of amides is 1. The van der Waals surface area contributed by atoms with Gasteiger partial charge in [0.05, 0.1) is 5.00 Å². The van der Waals surface area contributed by atoms with Crippen LogP contribution < -0.4 is 5.32 Å². The van der Waals surface area contributed by atoms with Gasteiger partial charge in [-0.05, 0) is 49.2 Å². The van der Waals surface area contributed by atoms with E-state index < -0.39 is 5.97 Å². The number of aryl methyl sites for hydroxylation is 2. The van der Waals surface area contributed by atoms with Crippen molar-refractivity contribution >= 4 is 28.2 Å². The fourth-order valence-corrected chi connectivity index (χ4v) is 2.33. The molecule has 1 heterocycles. The highest BCUT2D eigenvalue weighted by Crippen LogP contribution is 2.22. The van der Waals surface area contributed by atoms with E-state index in [2.05, 4.69) is 5.32 Å². The van der Waals surface area contributed by atoms with Crippen molar-refractivity contribution in [3.63, 3.8) is 0 Å². The lowest BCUT2D eigenvalue weighted by molar-refractivity contribution is 0.0702. The Kier molecular flexibility index (Phi) is 3.66. The van der Waals surface area contributed by atoms with Crippen molar-refractivity contribution in [1.29, 1.82) is 0 Å². The monoisotopic (exact) mass is 275 g/mol. The summed E-state index contributed by atoms with van der Waals surface area (Å²) in [6.45, 7) is 3.93. The second kappa shape index (κ2) is 5.24. The number of anilines is 1. The highest BCUT2D eigenvalue weighted by molar-refractivity contribution is 7.18. The van der Waals surface area contributed by atoms with Crippen LogP contribution in [0.2, 0.25) is 0 Å². The molecular formula is C14H13NO3S. The van der Waals surface area contributed by atoms with Crippen LogP contribution in [0.5, 0.6) is 0 Å². The van der Waals surface area contributed by atoms with Gasteiger partial charge in [0.15, 0.2) is 0 Å². The number of carbonyl (C=O) groups excluding carboxylic acids is 1. The molecular weight excluding hydrogens is 262 g/mol. The number of benzene rings is 1. The molecule has 0 saturated heterocycles. The fourth-order valence-electron chi connectivity index (χ4n) is 1.59. The van der Waals surface area contributed by atoms with Crippen molar-refractivity contribution in [2.45, 2.75) is 13.8 Å². The predicted octanol–water partition coefficient (Wildman–Crippen LogP) is 3.32. The van der Waals surface area contributed by atoms with E-state index in [1.165, 1.54) is 6.07 Å². The molecule has 2 aromatic rings. The van der Waals surface area contributed by atoms with Gasteiger partial charge in [-0.1, -0.05) is 6.07 Å². The Morgan fingerprint density at radius 1 is 1.11 bits per heavy atom. The van der Waals surface area contributed by atoms with Gasteiger partial charge < -0.3 is 10.4 Å². The Labute approximate surface area is 114 Å². The number of hydrogen-bond acceptors (Lipinski definition) is 3. The van der Waals surface area contributed by atoms with Gasteiger partial charge in [-0.3, -0.25) is 4.79 Å². The summed E-state index contributed by atoms with van der Waals surface area (Å²) in [6, 6.07) is 8.52. The molecule has 2 rings (SSSR count). The summed E-state index contributed by atoms with van der Waals surface area (Å²) >= 11 is 1.04. The first-order valence-electron chi connectivity index (χ1n) is 5.69. The Balaban J connectivity index is 2.15. The van der Waals surface area contributed by atoms with E-state index in [-0.39, 0.29) is 10.8 Å². The molecule has 0 aliphatic heterocycles. The van der Waals surface area contributed by atoms with Crippen molar-refractivity contribution in [1.82, 2.24) is 0 Å². The Bertz CT molecular complexity index is 646. The lowest BCUT2D eigenvalue weighted by Gasteiger charge is -2.05. The molecule has 1 amide bonds. The molecule has 0 atom stereocenters. The molecule has 2 N–H and O–H groups in total. The summed E-state index contributed by atoms with van der Waals surface area (Å²) in [4.78, 5) is 23.0. The van der Waals surface area contributed by atoms with Crippen LogP contribution in [-0.2, 0) is 0 Å². The van der Waals surface area contributed by atoms with E-state index >= 15 is 0 Å². The van der Waals surface area contributed by atoms with E-state index in [1.807, 2.05) is 26.0 Å². The highest BCUT2D eigenvalue weighted by atomic mass is 32.1. The number of rotatable bonds is 3. The number of thiophene rings is 1. The maximum absolute atomic E-state index is 12.0. The van der Waals surface area contributed by atoms with Crippen LogP contribution in [0.3, 0.4) is 0 Å². The Hall–Kier alpha value is -2.14. The lowest BCUT2D eigenvalue weighted by Crippen LogP contribution is -2.11. The molecule has 0 radical (unpaired) electrons. The highest BCUT2D eigenvalue weighted by Gasteiger charge is 2.11. The number of carboxylic acids is 1. The molecule has 0 unspecified atom stereocenters. The van der Waals surface area contributed by atoms with E-state index in [9.17, 15) is 9.59 Å². The lowest BCUT2D eigenvalue weighted by atomic mass is 10.1. The SMILES string of the molecule is Cc1ccc(C(=O)Nc2ccc(C(=O)O)s2)cc1C. The first kappa shape index (κ1) is 13.3. The van der Waals surface area contributed by atoms with Gasteiger partial charge in [-0.25, -0.2) is 4.79 Å². The van der Waals surface area contributed by atoms with Gasteiger partial charge in [-0.15, -0.1) is 11.3 Å². The maximum Gasteiger partial charge on any atom is 0.345 e. The Morgan fingerprint density at radius 3 is 2.42 bits per heavy atom. The average Bonchev–Trinajstić information content (AvgIpc) is 2.81. The predicted molar refractivity (Wildman–Crippen MR) is 75.1 cm³/mol. The van der Waals surface area contributed by atoms with Gasteiger partial charge >= 0.3 is 5.97 Å². The summed E-state index contributed by atoms with van der Waals surface area (Å²) in [5.41, 5.74) is 2.74. The van der Waals surface area contributed by atoms with E-state index in [1.54, 1.807) is 12.1 Å². The van der Waals surface area contributed by atoms with Gasteiger partial charge in [0.25, 0.3) is 5.91 Å². The molecule has 1 aromatic heterocycles. The maximum atomic E-state index is 12.0. The molecule has 0 spiro atoms. The zero-order valence-electron chi connectivity index (χ0n) is 10.6. The van der Waals surface area contributed by atoms with Gasteiger partial charge in [0, 0.05) is 5.56 Å². The quantitative estimate of drug-likeness (QED) is 0.903. The van der Waals surface area contributed by atoms with Crippen molar-refractivity contribution in [2.24, 2.45) is 0 Å². The van der Waals surface area contributed by atoms with Crippen LogP contribution in [0.25, 0.3) is 0 Å². The van der Waals surface area contributed by atoms with E-state index in [4.69, 9.17) is 5.11 Å². The van der Waals surface area contributed by atoms with Gasteiger partial charge in [0.2, 0.25) is 0 Å². The number of carboxylic acid groups (broad SMARTS) is 1. The molecule has 0 bridgehead atoms. The van der Waals surface area contributed by atoms with E-state index in [0.717, 1.165) is 22.5 Å². The number of carbonyl (C=O) groups is 2. The van der Waals surface area contributed by atoms with Crippen molar-refractivity contribution in [3.05, 3.63) is 51.9 Å². The molecule has 0 fully saturated rings. The standard InChI is InChI=1S/C14H13NO3S/c1-8-3-4-10(7-9(8)2)13(16)15-12-6-5-11(19-12)14(17)18/h3-7H,1-2H3,(H,15,16)(H,17,18). The molecule has 0 aliphatic rings. The van der Waals surface area contributed by atoms with Crippen molar-refractivity contribution in [2.75, 3.05) is 5.32 Å². The zero-order chi connectivity index (χ0) is 14.0. The third kappa shape index (κ3) is 3.00. The number of aromatic carboxylic acids is 1. The molecule has 5 heteroatoms. The van der Waals surface area contributed by atoms with Crippen LogP contribution in [-0.4, -0.2) is 17.0 Å². The number of hydrogen-bond donors (Lipinski definition) is 2. The number of nitrogens with one attached hydrogen (secondary N) is 1. The summed E-state index contributed by atoms with van der Waals surface area (Å²) in [7, 11) is 0. The van der Waals surface area contributed by atoms with Gasteiger partial charge in [0.1, 0.15) is 4.88 Å². The third-order valence-electron chi connectivity index (χ3n) is 2.82. The van der Waals surface area contributed by atoms with Crippen LogP contribution in [0.1, 0.15) is 31.2 Å². The topological polar surface area (TPSA) is 66.4 Å². The minimum atomic E-state index is -0.989. The summed E-state index contributed by atoms with van der Waals surface area (Å²) in [5, 5.41) is 12.0. The van der Waals surface area contributed by atoms with Crippen molar-refractivity contribution in [3.8, 4) is 0 Å². The normalized spacial score (nSPS) is 10.2. The van der Waals surface area contributed by atoms with E-state index in [0.29, 0.717) is 10.6 Å². The fraction of sp³-hybridized carbons (Fsp3) is 0.143. The Morgan fingerprint density at radius 2 is 1.84 bits per heavy atom. The summed E-state index contributed by atoms with van der Waals surface area (Å²) in [5.74, 6) is -1.22. The molecule has 1 aromatic carbocycles. The largest absolute Gasteiger partial charge is 0.477 e. The van der Waals surface area contributed by atoms with Crippen LogP contribution in [0, 0.1) is 13.8 Å². The minimum absolute atomic E-state index is 0.204.